The fourth-order valence-corrected chi connectivity index (χ4v) is 2.44. The predicted octanol–water partition coefficient (Wildman–Crippen LogP) is -0.990. The van der Waals surface area contributed by atoms with Crippen LogP contribution in [0.1, 0.15) is 12.8 Å². The summed E-state index contributed by atoms with van der Waals surface area (Å²) < 4.78 is 30.3. The largest absolute Gasteiger partial charge is 0.452 e. The van der Waals surface area contributed by atoms with Crippen molar-refractivity contribution in [2.75, 3.05) is 20.2 Å². The number of rotatable bonds is 2. The molecular weight excluding hydrogens is 222 g/mol. The van der Waals surface area contributed by atoms with Crippen LogP contribution in [0.25, 0.3) is 0 Å². The van der Waals surface area contributed by atoms with Crippen LogP contribution in [-0.2, 0) is 14.9 Å². The lowest BCUT2D eigenvalue weighted by Crippen LogP contribution is -2.49. The average molecular weight is 237 g/mol. The van der Waals surface area contributed by atoms with Crippen LogP contribution >= 0.6 is 0 Å². The number of hydrogen-bond donors (Lipinski definition) is 2. The molecule has 0 aromatic carbocycles. The second-order valence-corrected chi connectivity index (χ2v) is 5.01. The molecule has 0 saturated carbocycles. The van der Waals surface area contributed by atoms with Gasteiger partial charge in [-0.15, -0.1) is 0 Å². The lowest BCUT2D eigenvalue weighted by Gasteiger charge is -2.28. The molecule has 1 heterocycles. The first-order valence-corrected chi connectivity index (χ1v) is 6.01. The Morgan fingerprint density at radius 2 is 2.00 bits per heavy atom. The van der Waals surface area contributed by atoms with E-state index >= 15 is 0 Å². The van der Waals surface area contributed by atoms with E-state index < -0.39 is 16.3 Å². The molecule has 0 spiro atoms. The van der Waals surface area contributed by atoms with Gasteiger partial charge in [0, 0.05) is 19.1 Å². The summed E-state index contributed by atoms with van der Waals surface area (Å²) in [6.45, 7) is 0.654. The van der Waals surface area contributed by atoms with Crippen molar-refractivity contribution in [3.63, 3.8) is 0 Å². The molecule has 1 rings (SSSR count). The molecule has 0 aromatic rings. The molecule has 7 nitrogen and oxygen atoms in total. The second-order valence-electron chi connectivity index (χ2n) is 3.34. The molecule has 0 bridgehead atoms. The minimum absolute atomic E-state index is 0.0366. The maximum absolute atomic E-state index is 11.5. The normalized spacial score (nSPS) is 19.9. The highest BCUT2D eigenvalue weighted by molar-refractivity contribution is 7.87. The Morgan fingerprint density at radius 3 is 2.47 bits per heavy atom. The summed E-state index contributed by atoms with van der Waals surface area (Å²) in [5.41, 5.74) is 5.63. The average Bonchev–Trinajstić information content (AvgIpc) is 2.17. The number of methoxy groups -OCH3 is 1. The highest BCUT2D eigenvalue weighted by atomic mass is 32.2. The highest BCUT2D eigenvalue weighted by Gasteiger charge is 2.28. The third kappa shape index (κ3) is 3.33. The first kappa shape index (κ1) is 12.2. The molecule has 1 saturated heterocycles. The zero-order chi connectivity index (χ0) is 11.5. The van der Waals surface area contributed by atoms with E-state index in [4.69, 9.17) is 5.73 Å². The van der Waals surface area contributed by atoms with Gasteiger partial charge in [-0.25, -0.2) is 9.52 Å². The Morgan fingerprint density at radius 1 is 1.47 bits per heavy atom. The van der Waals surface area contributed by atoms with Crippen molar-refractivity contribution in [3.05, 3.63) is 0 Å². The first-order chi connectivity index (χ1) is 6.95. The van der Waals surface area contributed by atoms with Gasteiger partial charge in [0.05, 0.1) is 7.11 Å². The van der Waals surface area contributed by atoms with E-state index in [0.717, 1.165) is 7.11 Å². The van der Waals surface area contributed by atoms with Crippen molar-refractivity contribution >= 4 is 16.3 Å². The molecule has 1 amide bonds. The van der Waals surface area contributed by atoms with Gasteiger partial charge < -0.3 is 10.5 Å². The Hall–Kier alpha value is -0.860. The summed E-state index contributed by atoms with van der Waals surface area (Å²) in [7, 11) is -2.66. The topological polar surface area (TPSA) is 102 Å². The molecule has 88 valence electrons. The number of piperidine rings is 1. The minimum Gasteiger partial charge on any atom is -0.452 e. The fraction of sp³-hybridized carbons (Fsp3) is 0.857. The molecule has 0 aromatic heterocycles. The number of nitrogens with two attached hydrogens (primary N) is 1. The molecule has 1 fully saturated rings. The number of carbonyl (C=O) groups is 1. The fourth-order valence-electron chi connectivity index (χ4n) is 1.33. The van der Waals surface area contributed by atoms with Gasteiger partial charge in [0.25, 0.3) is 0 Å². The quantitative estimate of drug-likeness (QED) is 0.642. The molecule has 0 radical (unpaired) electrons. The molecule has 15 heavy (non-hydrogen) atoms. The van der Waals surface area contributed by atoms with Gasteiger partial charge in [-0.2, -0.15) is 12.7 Å². The van der Waals surface area contributed by atoms with Crippen LogP contribution in [0.15, 0.2) is 0 Å². The molecule has 1 aliphatic rings. The molecular formula is C7H15N3O4S. The Bertz CT molecular complexity index is 321. The lowest BCUT2D eigenvalue weighted by atomic mass is 10.1. The monoisotopic (exact) mass is 237 g/mol. The van der Waals surface area contributed by atoms with Crippen LogP contribution < -0.4 is 10.5 Å². The number of hydrogen-bond acceptors (Lipinski definition) is 5. The Labute approximate surface area is 88.7 Å². The van der Waals surface area contributed by atoms with Crippen LogP contribution in [0, 0.1) is 0 Å². The predicted molar refractivity (Wildman–Crippen MR) is 53.2 cm³/mol. The van der Waals surface area contributed by atoms with E-state index in [1.54, 1.807) is 4.72 Å². The van der Waals surface area contributed by atoms with Crippen molar-refractivity contribution < 1.29 is 17.9 Å². The van der Waals surface area contributed by atoms with Crippen molar-refractivity contribution in [2.45, 2.75) is 18.9 Å². The van der Waals surface area contributed by atoms with Crippen LogP contribution in [0.3, 0.4) is 0 Å². The summed E-state index contributed by atoms with van der Waals surface area (Å²) in [5, 5.41) is 0. The summed E-state index contributed by atoms with van der Waals surface area (Å²) in [6.07, 6.45) is 0.217. The molecule has 0 atom stereocenters. The van der Waals surface area contributed by atoms with E-state index in [9.17, 15) is 13.2 Å². The van der Waals surface area contributed by atoms with Gasteiger partial charge in [0.15, 0.2) is 0 Å². The Balaban J connectivity index is 2.58. The van der Waals surface area contributed by atoms with E-state index in [2.05, 4.69) is 4.74 Å². The van der Waals surface area contributed by atoms with Gasteiger partial charge in [0.2, 0.25) is 0 Å². The third-order valence-corrected chi connectivity index (χ3v) is 3.71. The summed E-state index contributed by atoms with van der Waals surface area (Å²) in [4.78, 5) is 10.8. The summed E-state index contributed by atoms with van der Waals surface area (Å²) in [6, 6.07) is 0.0366. The SMILES string of the molecule is COC(=O)NS(=O)(=O)N1CCC(N)CC1. The van der Waals surface area contributed by atoms with E-state index in [0.29, 0.717) is 25.9 Å². The maximum atomic E-state index is 11.5. The Kier molecular flexibility index (Phi) is 3.89. The van der Waals surface area contributed by atoms with E-state index in [1.807, 2.05) is 0 Å². The van der Waals surface area contributed by atoms with Crippen LogP contribution in [-0.4, -0.2) is 45.1 Å². The molecule has 0 unspecified atom stereocenters. The zero-order valence-corrected chi connectivity index (χ0v) is 9.29. The van der Waals surface area contributed by atoms with Crippen molar-refractivity contribution in [2.24, 2.45) is 5.73 Å². The van der Waals surface area contributed by atoms with E-state index in [-0.39, 0.29) is 6.04 Å². The molecule has 0 aliphatic carbocycles. The number of amides is 1. The maximum Gasteiger partial charge on any atom is 0.421 e. The second kappa shape index (κ2) is 4.77. The number of carbonyl (C=O) groups excluding carboxylic acids is 1. The molecule has 1 aliphatic heterocycles. The van der Waals surface area contributed by atoms with Crippen molar-refractivity contribution in [1.29, 1.82) is 0 Å². The van der Waals surface area contributed by atoms with E-state index in [1.165, 1.54) is 4.31 Å². The molecule has 3 N–H and O–H groups in total. The summed E-state index contributed by atoms with van der Waals surface area (Å²) >= 11 is 0. The standard InChI is InChI=1S/C7H15N3O4S/c1-14-7(11)9-15(12,13)10-4-2-6(8)3-5-10/h6H,2-5,8H2,1H3,(H,9,11). The van der Waals surface area contributed by atoms with Crippen LogP contribution in [0.2, 0.25) is 0 Å². The summed E-state index contributed by atoms with van der Waals surface area (Å²) in [5.74, 6) is 0. The van der Waals surface area contributed by atoms with Crippen molar-refractivity contribution in [1.82, 2.24) is 9.03 Å². The molecule has 8 heteroatoms. The minimum atomic E-state index is -3.76. The van der Waals surface area contributed by atoms with Gasteiger partial charge in [-0.3, -0.25) is 0 Å². The van der Waals surface area contributed by atoms with Gasteiger partial charge in [-0.05, 0) is 12.8 Å². The first-order valence-electron chi connectivity index (χ1n) is 4.57. The third-order valence-electron chi connectivity index (χ3n) is 2.24. The van der Waals surface area contributed by atoms with Gasteiger partial charge in [0.1, 0.15) is 0 Å². The number of nitrogens with zero attached hydrogens (tertiary/aromatic N) is 1. The highest BCUT2D eigenvalue weighted by Crippen LogP contribution is 2.11. The lowest BCUT2D eigenvalue weighted by molar-refractivity contribution is 0.176. The zero-order valence-electron chi connectivity index (χ0n) is 8.47. The number of ether oxygens (including phenoxy) is 1. The van der Waals surface area contributed by atoms with Crippen molar-refractivity contribution in [3.8, 4) is 0 Å². The van der Waals surface area contributed by atoms with Crippen LogP contribution in [0.5, 0.6) is 0 Å². The van der Waals surface area contributed by atoms with Gasteiger partial charge in [-0.1, -0.05) is 0 Å². The smallest absolute Gasteiger partial charge is 0.421 e. The van der Waals surface area contributed by atoms with Crippen LogP contribution in [0.4, 0.5) is 4.79 Å². The van der Waals surface area contributed by atoms with Gasteiger partial charge >= 0.3 is 16.3 Å². The number of nitrogens with one attached hydrogen (secondary N) is 1.